The molecule has 0 fully saturated rings. The fraction of sp³-hybridized carbons (Fsp3) is 0.286. The third-order valence-electron chi connectivity index (χ3n) is 3.00. The number of halogens is 1. The SMILES string of the molecule is CNC(Cc1ccccc1Br)c1cscc1C. The minimum absolute atomic E-state index is 0.389. The van der Waals surface area contributed by atoms with Crippen LogP contribution < -0.4 is 5.32 Å². The Labute approximate surface area is 115 Å². The van der Waals surface area contributed by atoms with Crippen LogP contribution in [0.5, 0.6) is 0 Å². The fourth-order valence-corrected chi connectivity index (χ4v) is 3.33. The summed E-state index contributed by atoms with van der Waals surface area (Å²) in [4.78, 5) is 0. The van der Waals surface area contributed by atoms with Gasteiger partial charge in [-0.05, 0) is 53.9 Å². The van der Waals surface area contributed by atoms with Gasteiger partial charge in [0.25, 0.3) is 0 Å². The van der Waals surface area contributed by atoms with Crippen LogP contribution in [0.2, 0.25) is 0 Å². The highest BCUT2D eigenvalue weighted by Crippen LogP contribution is 2.27. The predicted octanol–water partition coefficient (Wildman–Crippen LogP) is 4.32. The zero-order chi connectivity index (χ0) is 12.3. The third kappa shape index (κ3) is 2.97. The summed E-state index contributed by atoms with van der Waals surface area (Å²) in [5.41, 5.74) is 4.13. The number of hydrogen-bond acceptors (Lipinski definition) is 2. The van der Waals surface area contributed by atoms with Crippen LogP contribution in [0.25, 0.3) is 0 Å². The van der Waals surface area contributed by atoms with E-state index in [9.17, 15) is 0 Å². The molecule has 0 saturated carbocycles. The number of benzene rings is 1. The van der Waals surface area contributed by atoms with E-state index in [1.807, 2.05) is 7.05 Å². The van der Waals surface area contributed by atoms with Gasteiger partial charge in [0, 0.05) is 10.5 Å². The Morgan fingerprint density at radius 2 is 2.06 bits per heavy atom. The van der Waals surface area contributed by atoms with Crippen molar-refractivity contribution < 1.29 is 0 Å². The summed E-state index contributed by atoms with van der Waals surface area (Å²) in [6, 6.07) is 8.81. The molecule has 1 heterocycles. The van der Waals surface area contributed by atoms with Gasteiger partial charge in [0.05, 0.1) is 0 Å². The van der Waals surface area contributed by atoms with E-state index in [-0.39, 0.29) is 0 Å². The Kier molecular flexibility index (Phi) is 4.37. The molecule has 0 bridgehead atoms. The molecule has 0 saturated heterocycles. The first-order valence-corrected chi connectivity index (χ1v) is 7.39. The maximum absolute atomic E-state index is 3.61. The van der Waals surface area contributed by atoms with Crippen molar-refractivity contribution in [2.24, 2.45) is 0 Å². The van der Waals surface area contributed by atoms with E-state index in [4.69, 9.17) is 0 Å². The first kappa shape index (κ1) is 12.8. The number of thiophene rings is 1. The Bertz CT molecular complexity index is 492. The summed E-state index contributed by atoms with van der Waals surface area (Å²) in [5.74, 6) is 0. The Balaban J connectivity index is 2.22. The molecule has 17 heavy (non-hydrogen) atoms. The molecule has 90 valence electrons. The molecule has 0 aliphatic heterocycles. The van der Waals surface area contributed by atoms with Crippen LogP contribution in [-0.4, -0.2) is 7.05 Å². The topological polar surface area (TPSA) is 12.0 Å². The van der Waals surface area contributed by atoms with Crippen molar-refractivity contribution in [1.29, 1.82) is 0 Å². The monoisotopic (exact) mass is 309 g/mol. The number of nitrogens with one attached hydrogen (secondary N) is 1. The number of likely N-dealkylation sites (N-methyl/N-ethyl adjacent to an activating group) is 1. The third-order valence-corrected chi connectivity index (χ3v) is 4.65. The van der Waals surface area contributed by atoms with Gasteiger partial charge >= 0.3 is 0 Å². The second kappa shape index (κ2) is 5.80. The minimum Gasteiger partial charge on any atom is -0.313 e. The van der Waals surface area contributed by atoms with Crippen LogP contribution >= 0.6 is 27.3 Å². The maximum Gasteiger partial charge on any atom is 0.0369 e. The molecule has 0 amide bonds. The standard InChI is InChI=1S/C14H16BrNS/c1-10-8-17-9-12(10)14(16-2)7-11-5-3-4-6-13(11)15/h3-6,8-9,14,16H,7H2,1-2H3. The average molecular weight is 310 g/mol. The van der Waals surface area contributed by atoms with Gasteiger partial charge in [-0.15, -0.1) is 0 Å². The van der Waals surface area contributed by atoms with E-state index in [1.165, 1.54) is 21.2 Å². The molecule has 3 heteroatoms. The summed E-state index contributed by atoms with van der Waals surface area (Å²) < 4.78 is 1.19. The molecule has 2 rings (SSSR count). The van der Waals surface area contributed by atoms with E-state index in [0.717, 1.165) is 6.42 Å². The average Bonchev–Trinajstić information content (AvgIpc) is 2.75. The summed E-state index contributed by atoms with van der Waals surface area (Å²) in [7, 11) is 2.03. The van der Waals surface area contributed by atoms with Crippen molar-refractivity contribution in [1.82, 2.24) is 5.32 Å². The van der Waals surface area contributed by atoms with Crippen molar-refractivity contribution in [2.45, 2.75) is 19.4 Å². The van der Waals surface area contributed by atoms with Crippen molar-refractivity contribution in [3.8, 4) is 0 Å². The second-order valence-electron chi connectivity index (χ2n) is 4.15. The Morgan fingerprint density at radius 1 is 1.29 bits per heavy atom. The first-order chi connectivity index (χ1) is 8.22. The minimum atomic E-state index is 0.389. The highest BCUT2D eigenvalue weighted by molar-refractivity contribution is 9.10. The molecule has 1 unspecified atom stereocenters. The van der Waals surface area contributed by atoms with Gasteiger partial charge in [0.1, 0.15) is 0 Å². The highest BCUT2D eigenvalue weighted by atomic mass is 79.9. The molecule has 1 N–H and O–H groups in total. The highest BCUT2D eigenvalue weighted by Gasteiger charge is 2.14. The number of aryl methyl sites for hydroxylation is 1. The van der Waals surface area contributed by atoms with Crippen molar-refractivity contribution >= 4 is 27.3 Å². The van der Waals surface area contributed by atoms with Crippen LogP contribution in [0.15, 0.2) is 39.5 Å². The van der Waals surface area contributed by atoms with Crippen LogP contribution in [0, 0.1) is 6.92 Å². The largest absolute Gasteiger partial charge is 0.313 e. The van der Waals surface area contributed by atoms with Crippen LogP contribution in [0.4, 0.5) is 0 Å². The van der Waals surface area contributed by atoms with E-state index in [1.54, 1.807) is 11.3 Å². The molecular formula is C14H16BrNS. The van der Waals surface area contributed by atoms with Crippen LogP contribution in [0.3, 0.4) is 0 Å². The van der Waals surface area contributed by atoms with Gasteiger partial charge < -0.3 is 5.32 Å². The predicted molar refractivity (Wildman–Crippen MR) is 78.7 cm³/mol. The lowest BCUT2D eigenvalue weighted by molar-refractivity contribution is 0.590. The van der Waals surface area contributed by atoms with Crippen LogP contribution in [-0.2, 0) is 6.42 Å². The van der Waals surface area contributed by atoms with Gasteiger partial charge in [-0.1, -0.05) is 34.1 Å². The van der Waals surface area contributed by atoms with E-state index >= 15 is 0 Å². The van der Waals surface area contributed by atoms with Gasteiger partial charge in [-0.2, -0.15) is 11.3 Å². The lowest BCUT2D eigenvalue weighted by Crippen LogP contribution is -2.19. The molecule has 0 aliphatic rings. The lowest BCUT2D eigenvalue weighted by Gasteiger charge is -2.17. The van der Waals surface area contributed by atoms with Gasteiger partial charge in [-0.3, -0.25) is 0 Å². The molecule has 2 aromatic rings. The van der Waals surface area contributed by atoms with E-state index < -0.39 is 0 Å². The van der Waals surface area contributed by atoms with Gasteiger partial charge in [0.15, 0.2) is 0 Å². The fourth-order valence-electron chi connectivity index (χ4n) is 1.98. The summed E-state index contributed by atoms with van der Waals surface area (Å²) in [6.07, 6.45) is 1.01. The molecule has 0 radical (unpaired) electrons. The van der Waals surface area contributed by atoms with E-state index in [0.29, 0.717) is 6.04 Å². The zero-order valence-corrected chi connectivity index (χ0v) is 12.4. The van der Waals surface area contributed by atoms with Crippen molar-refractivity contribution in [3.63, 3.8) is 0 Å². The maximum atomic E-state index is 3.61. The normalized spacial score (nSPS) is 12.6. The molecule has 0 spiro atoms. The number of hydrogen-bond donors (Lipinski definition) is 1. The lowest BCUT2D eigenvalue weighted by atomic mass is 9.99. The van der Waals surface area contributed by atoms with Gasteiger partial charge in [0.2, 0.25) is 0 Å². The molecule has 0 aliphatic carbocycles. The first-order valence-electron chi connectivity index (χ1n) is 5.65. The van der Waals surface area contributed by atoms with Crippen molar-refractivity contribution in [2.75, 3.05) is 7.05 Å². The summed E-state index contributed by atoms with van der Waals surface area (Å²) in [6.45, 7) is 2.18. The van der Waals surface area contributed by atoms with Crippen molar-refractivity contribution in [3.05, 3.63) is 56.2 Å². The molecule has 1 aromatic carbocycles. The quantitative estimate of drug-likeness (QED) is 0.886. The molecule has 1 aromatic heterocycles. The molecular weight excluding hydrogens is 294 g/mol. The summed E-state index contributed by atoms with van der Waals surface area (Å²) >= 11 is 5.38. The van der Waals surface area contributed by atoms with Crippen LogP contribution in [0.1, 0.15) is 22.7 Å². The smallest absolute Gasteiger partial charge is 0.0369 e. The summed E-state index contributed by atoms with van der Waals surface area (Å²) in [5, 5.41) is 7.86. The molecule has 1 nitrogen and oxygen atoms in total. The number of rotatable bonds is 4. The Hall–Kier alpha value is -0.640. The zero-order valence-electron chi connectivity index (χ0n) is 10.0. The van der Waals surface area contributed by atoms with Gasteiger partial charge in [-0.25, -0.2) is 0 Å². The second-order valence-corrected chi connectivity index (χ2v) is 5.74. The molecule has 1 atom stereocenters. The van der Waals surface area contributed by atoms with E-state index in [2.05, 4.69) is 63.2 Å². The Morgan fingerprint density at radius 3 is 2.65 bits per heavy atom.